The van der Waals surface area contributed by atoms with E-state index in [9.17, 15) is 43.2 Å². The zero-order valence-electron chi connectivity index (χ0n) is 63.6. The summed E-state index contributed by atoms with van der Waals surface area (Å²) in [5.74, 6) is -0.391. The number of nitrogens with zero attached hydrogens (tertiary/aromatic N) is 8. The van der Waals surface area contributed by atoms with Gasteiger partial charge in [-0.2, -0.15) is 0 Å². The number of aryl methyl sites for hydroxylation is 2. The standard InChI is InChI=1S/C30H25F2N3O5S2.C23H19F2N3O3S.C21H13BrF2N2O4S.C9H14BNO3S/c1-19-2-6-23(7-3-19)42(36,37)35-18-25(20-4-8-26-27(15-20)40-30(31,32)39-26)24-14-21(16-33-29(24)35)28-9-5-22(41-28)17-34-10-12-38-13-11-34;24-23(25)30-19-3-1-14(10-20(19)31-23)18-12-27-22-17(18)9-15(11-26-22)21-4-2-16(32-21)13-28-5-7-29-8-6-28;1-12-2-5-15(6-3-12)31(27,28)26-11-17(16-9-14(22)10-25-20(16)26)13-4-7-18-19(8-13)30-21(23,24)29-18;12-10(13)9-2-1-8(15-9)7-11-3-5-14-6-4-11/h2-9,14-16,18H,10-13,17H2,1H3;1-4,9-12H,5-8,13H2,(H,26,27);2-11H,1H3;1-2,12-13H,3-7H2. The molecule has 0 spiro atoms. The first-order valence-corrected chi connectivity index (χ1v) is 43.8. The number of fused-ring (bicyclic) bond motifs is 6. The highest BCUT2D eigenvalue weighted by atomic mass is 79.9. The summed E-state index contributed by atoms with van der Waals surface area (Å²) in [4.78, 5) is 29.7. The van der Waals surface area contributed by atoms with E-state index in [1.54, 1.807) is 102 Å². The van der Waals surface area contributed by atoms with E-state index in [1.165, 1.54) is 87.0 Å². The van der Waals surface area contributed by atoms with Crippen LogP contribution in [-0.2, 0) is 53.9 Å². The molecule has 15 heterocycles. The minimum Gasteiger partial charge on any atom is -0.423 e. The van der Waals surface area contributed by atoms with Crippen LogP contribution in [0.1, 0.15) is 25.8 Å². The fourth-order valence-electron chi connectivity index (χ4n) is 14.3. The maximum atomic E-state index is 13.8. The molecule has 14 aromatic rings. The lowest BCUT2D eigenvalue weighted by Crippen LogP contribution is -2.35. The van der Waals surface area contributed by atoms with Crippen molar-refractivity contribution >= 4 is 115 Å². The van der Waals surface area contributed by atoms with Gasteiger partial charge in [-0.05, 0) is 156 Å². The predicted molar refractivity (Wildman–Crippen MR) is 445 cm³/mol. The Morgan fingerprint density at radius 3 is 1.23 bits per heavy atom. The molecule has 24 nitrogen and oxygen atoms in total. The summed E-state index contributed by atoms with van der Waals surface area (Å²) >= 11 is 8.21. The topological polar surface area (TPSA) is 266 Å². The molecule has 0 saturated carbocycles. The molecule has 5 aromatic carbocycles. The molecule has 37 heteroatoms. The number of halogens is 7. The molecule has 3 fully saturated rings. The van der Waals surface area contributed by atoms with Crippen molar-refractivity contribution in [2.75, 3.05) is 78.9 Å². The van der Waals surface area contributed by atoms with Crippen LogP contribution < -0.4 is 33.2 Å². The van der Waals surface area contributed by atoms with Crippen molar-refractivity contribution in [3.8, 4) is 88.8 Å². The highest BCUT2D eigenvalue weighted by molar-refractivity contribution is 9.10. The van der Waals surface area contributed by atoms with Gasteiger partial charge >= 0.3 is 26.0 Å². The predicted octanol–water partition coefficient (Wildman–Crippen LogP) is 15.8. The highest BCUT2D eigenvalue weighted by Gasteiger charge is 2.46. The number of aromatic amines is 1. The number of nitrogens with one attached hydrogen (secondary N) is 1. The zero-order valence-corrected chi connectivity index (χ0v) is 69.3. The Morgan fingerprint density at radius 1 is 0.433 bits per heavy atom. The number of rotatable bonds is 16. The molecule has 6 aliphatic rings. The van der Waals surface area contributed by atoms with E-state index in [0.29, 0.717) is 42.3 Å². The summed E-state index contributed by atoms with van der Waals surface area (Å²) in [6.45, 7) is 16.5. The third-order valence-electron chi connectivity index (χ3n) is 20.3. The van der Waals surface area contributed by atoms with Crippen LogP contribution in [0.2, 0.25) is 0 Å². The lowest BCUT2D eigenvalue weighted by molar-refractivity contribution is -0.287. The summed E-state index contributed by atoms with van der Waals surface area (Å²) in [6.07, 6.45) is -1.40. The van der Waals surface area contributed by atoms with Gasteiger partial charge in [0.25, 0.3) is 20.0 Å². The van der Waals surface area contributed by atoms with Gasteiger partial charge < -0.3 is 57.7 Å². The van der Waals surface area contributed by atoms with Crippen molar-refractivity contribution in [3.05, 3.63) is 225 Å². The lowest BCUT2D eigenvalue weighted by atomic mass is 9.90. The largest absolute Gasteiger partial charge is 0.586 e. The number of hydrogen-bond donors (Lipinski definition) is 3. The van der Waals surface area contributed by atoms with Gasteiger partial charge in [0.2, 0.25) is 0 Å². The minimum absolute atomic E-state index is 0.0250. The van der Waals surface area contributed by atoms with E-state index in [0.717, 1.165) is 161 Å². The highest BCUT2D eigenvalue weighted by Crippen LogP contribution is 2.49. The number of hydrogen-bond acceptors (Lipinski definition) is 24. The summed E-state index contributed by atoms with van der Waals surface area (Å²) < 4.78 is 182. The summed E-state index contributed by atoms with van der Waals surface area (Å²) in [5, 5.41) is 19.9. The second-order valence-corrected chi connectivity index (χ2v) is 36.7. The molecule has 3 saturated heterocycles. The number of H-pyrrole nitrogens is 1. The van der Waals surface area contributed by atoms with Gasteiger partial charge in [0.05, 0.1) is 49.4 Å². The van der Waals surface area contributed by atoms with Gasteiger partial charge in [0.1, 0.15) is 5.65 Å². The fraction of sp³-hybridized carbons (Fsp3) is 0.241. The van der Waals surface area contributed by atoms with Crippen molar-refractivity contribution in [3.63, 3.8) is 0 Å². The number of ether oxygens (including phenoxy) is 9. The van der Waals surface area contributed by atoms with Crippen molar-refractivity contribution in [1.82, 2.24) is 42.6 Å². The molecule has 120 heavy (non-hydrogen) atoms. The Balaban J connectivity index is 0.000000119. The first kappa shape index (κ1) is 82.1. The molecule has 3 N–H and O–H groups in total. The third kappa shape index (κ3) is 17.9. The molecule has 0 unspecified atom stereocenters. The molecule has 9 aromatic heterocycles. The van der Waals surface area contributed by atoms with Gasteiger partial charge in [0, 0.05) is 174 Å². The first-order valence-electron chi connectivity index (χ1n) is 37.6. The fourth-order valence-corrected chi connectivity index (χ4v) is 20.2. The second kappa shape index (κ2) is 33.6. The maximum Gasteiger partial charge on any atom is 0.586 e. The van der Waals surface area contributed by atoms with Crippen molar-refractivity contribution in [2.24, 2.45) is 0 Å². The molecule has 0 aliphatic carbocycles. The Bertz CT molecular complexity index is 6390. The first-order chi connectivity index (χ1) is 57.6. The lowest BCUT2D eigenvalue weighted by Gasteiger charge is -2.25. The van der Waals surface area contributed by atoms with Crippen LogP contribution in [0.3, 0.4) is 0 Å². The molecule has 620 valence electrons. The molecule has 6 aliphatic heterocycles. The minimum atomic E-state index is -4.02. The third-order valence-corrected chi connectivity index (χ3v) is 27.4. The summed E-state index contributed by atoms with van der Waals surface area (Å²) in [6, 6.07) is 44.4. The molecule has 0 radical (unpaired) electrons. The number of pyridine rings is 3. The number of aromatic nitrogens is 6. The summed E-state index contributed by atoms with van der Waals surface area (Å²) in [5.41, 5.74) is 8.41. The van der Waals surface area contributed by atoms with Crippen LogP contribution in [0.25, 0.3) is 87.4 Å². The molecular weight excluding hydrogens is 1730 g/mol. The van der Waals surface area contributed by atoms with E-state index >= 15 is 0 Å². The van der Waals surface area contributed by atoms with Crippen LogP contribution in [0.15, 0.2) is 209 Å². The average molecular weight is 1800 g/mol. The van der Waals surface area contributed by atoms with Gasteiger partial charge in [0.15, 0.2) is 45.8 Å². The summed E-state index contributed by atoms with van der Waals surface area (Å²) in [7, 11) is -9.31. The Kier molecular flexibility index (Phi) is 23.0. The number of benzene rings is 5. The second-order valence-electron chi connectivity index (χ2n) is 28.6. The molecule has 0 atom stereocenters. The van der Waals surface area contributed by atoms with Crippen molar-refractivity contribution in [2.45, 2.75) is 62.2 Å². The average Bonchev–Trinajstić information content (AvgIpc) is 1.59. The van der Waals surface area contributed by atoms with Gasteiger partial charge in [-0.3, -0.25) is 14.7 Å². The van der Waals surface area contributed by atoms with Crippen molar-refractivity contribution in [1.29, 1.82) is 0 Å². The van der Waals surface area contributed by atoms with Crippen LogP contribution in [0.4, 0.5) is 26.3 Å². The van der Waals surface area contributed by atoms with Gasteiger partial charge in [-0.25, -0.2) is 39.7 Å². The number of alkyl halides is 6. The Labute approximate surface area is 703 Å². The zero-order chi connectivity index (χ0) is 83.4. The number of thiophene rings is 3. The van der Waals surface area contributed by atoms with Gasteiger partial charge in [-0.1, -0.05) is 59.7 Å². The van der Waals surface area contributed by atoms with Crippen molar-refractivity contribution < 1.29 is 95.9 Å². The molecule has 0 bridgehead atoms. The monoisotopic (exact) mass is 1800 g/mol. The van der Waals surface area contributed by atoms with E-state index in [4.69, 9.17) is 24.3 Å². The smallest absolute Gasteiger partial charge is 0.423 e. The van der Waals surface area contributed by atoms with E-state index in [2.05, 4.69) is 103 Å². The van der Waals surface area contributed by atoms with E-state index < -0.39 is 46.0 Å². The quantitative estimate of drug-likeness (QED) is 0.0599. The SMILES string of the molecule is Cc1ccc(S(=O)(=O)n2cc(-c3ccc4c(c3)OC(F)(F)O4)c3cc(-c4ccc(CN5CCOCC5)s4)cnc32)cc1.Cc1ccc(S(=O)(=O)n2cc(-c3ccc4c(c3)OC(F)(F)O4)c3cc(Br)cnc32)cc1.FC1(F)Oc2ccc(-c3c[nH]c4ncc(-c5ccc(CN6CCOCC6)s5)cc34)cc2O1.OB(O)c1ccc(CN2CCOCC2)s1. The van der Waals surface area contributed by atoms with Gasteiger partial charge in [-0.15, -0.1) is 60.4 Å². The maximum absolute atomic E-state index is 13.8. The van der Waals surface area contributed by atoms with Crippen LogP contribution >= 0.6 is 49.9 Å². The van der Waals surface area contributed by atoms with Crippen LogP contribution in [-0.4, -0.2) is 174 Å². The Morgan fingerprint density at radius 2 is 0.808 bits per heavy atom. The van der Waals surface area contributed by atoms with Crippen LogP contribution in [0.5, 0.6) is 34.5 Å². The molecule has 20 rings (SSSR count). The van der Waals surface area contributed by atoms with E-state index in [1.807, 2.05) is 44.4 Å². The Hall–Kier alpha value is -10.2. The van der Waals surface area contributed by atoms with E-state index in [-0.39, 0.29) is 55.6 Å². The number of morpholine rings is 3. The molecule has 0 amide bonds. The normalized spacial score (nSPS) is 16.7. The van der Waals surface area contributed by atoms with Crippen LogP contribution in [0, 0.1) is 13.8 Å². The molecular formula is C83H71BBrF6N9O15S5.